The number of carbonyl (C=O) groups is 1. The number of benzene rings is 2. The van der Waals surface area contributed by atoms with Crippen LogP contribution in [0.2, 0.25) is 0 Å². The summed E-state index contributed by atoms with van der Waals surface area (Å²) < 4.78 is 5.50. The lowest BCUT2D eigenvalue weighted by molar-refractivity contribution is 0.0342. The third-order valence-electron chi connectivity index (χ3n) is 8.85. The summed E-state index contributed by atoms with van der Waals surface area (Å²) in [5.41, 5.74) is 8.42. The largest absolute Gasteiger partial charge is 0.379 e. The summed E-state index contributed by atoms with van der Waals surface area (Å²) in [5, 5.41) is 14.2. The van der Waals surface area contributed by atoms with Gasteiger partial charge in [0.2, 0.25) is 0 Å². The van der Waals surface area contributed by atoms with Crippen LogP contribution in [0.3, 0.4) is 0 Å². The summed E-state index contributed by atoms with van der Waals surface area (Å²) in [7, 11) is 0. The zero-order valence-electron chi connectivity index (χ0n) is 25.8. The molecule has 8 nitrogen and oxygen atoms in total. The molecule has 0 saturated carbocycles. The fraction of sp³-hybridized carbons (Fsp3) is 0.471. The minimum absolute atomic E-state index is 0.133. The first kappa shape index (κ1) is 30.0. The number of amides is 1. The van der Waals surface area contributed by atoms with Gasteiger partial charge in [0.05, 0.1) is 13.2 Å². The molecule has 0 bridgehead atoms. The van der Waals surface area contributed by atoms with E-state index in [-0.39, 0.29) is 23.4 Å². The quantitative estimate of drug-likeness (QED) is 0.384. The van der Waals surface area contributed by atoms with Gasteiger partial charge in [0.15, 0.2) is 0 Å². The number of ether oxygens (including phenoxy) is 1. The molecule has 2 aromatic carbocycles. The van der Waals surface area contributed by atoms with Crippen molar-refractivity contribution >= 4 is 11.6 Å². The summed E-state index contributed by atoms with van der Waals surface area (Å²) in [4.78, 5) is 33.6. The number of hydrogen-bond donors (Lipinski definition) is 3. The average Bonchev–Trinajstić information content (AvgIpc) is 2.93. The smallest absolute Gasteiger partial charge is 0.253 e. The zero-order chi connectivity index (χ0) is 30.2. The van der Waals surface area contributed by atoms with Crippen molar-refractivity contribution in [3.8, 4) is 11.1 Å². The first-order valence-electron chi connectivity index (χ1n) is 15.0. The number of anilines is 1. The van der Waals surface area contributed by atoms with Crippen LogP contribution in [0.4, 0.5) is 5.69 Å². The number of H-pyrrole nitrogens is 1. The van der Waals surface area contributed by atoms with E-state index in [1.807, 2.05) is 44.7 Å². The molecule has 1 unspecified atom stereocenters. The molecule has 3 aromatic rings. The second-order valence-corrected chi connectivity index (χ2v) is 12.4. The normalized spacial score (nSPS) is 18.5. The van der Waals surface area contributed by atoms with Crippen molar-refractivity contribution in [2.45, 2.75) is 72.7 Å². The topological polar surface area (TPSA) is 97.9 Å². The number of pyridine rings is 1. The van der Waals surface area contributed by atoms with Crippen molar-refractivity contribution in [1.29, 1.82) is 0 Å². The lowest BCUT2D eigenvalue weighted by Gasteiger charge is -2.45. The molecular formula is C34H44N4O4. The molecule has 2 aliphatic heterocycles. The number of aromatic nitrogens is 1. The molecule has 1 amide bonds. The van der Waals surface area contributed by atoms with Crippen LogP contribution in [0.5, 0.6) is 0 Å². The van der Waals surface area contributed by atoms with E-state index in [4.69, 9.17) is 4.74 Å². The molecule has 0 spiro atoms. The number of aromatic amines is 1. The number of aryl methyl sites for hydroxylation is 2. The van der Waals surface area contributed by atoms with E-state index >= 15 is 0 Å². The second-order valence-electron chi connectivity index (χ2n) is 12.4. The maximum Gasteiger partial charge on any atom is 0.253 e. The van der Waals surface area contributed by atoms with Crippen LogP contribution in [-0.4, -0.2) is 60.0 Å². The Kier molecular flexibility index (Phi) is 8.60. The molecule has 1 atom stereocenters. The highest BCUT2D eigenvalue weighted by atomic mass is 16.5. The Labute approximate surface area is 248 Å². The number of aliphatic hydroxyl groups excluding tert-OH is 1. The molecule has 3 heterocycles. The third-order valence-corrected chi connectivity index (χ3v) is 8.85. The molecule has 1 aromatic heterocycles. The third kappa shape index (κ3) is 5.89. The van der Waals surface area contributed by atoms with E-state index in [1.54, 1.807) is 0 Å². The fourth-order valence-corrected chi connectivity index (χ4v) is 6.63. The highest BCUT2D eigenvalue weighted by molar-refractivity contribution is 6.00. The van der Waals surface area contributed by atoms with Crippen molar-refractivity contribution in [2.75, 3.05) is 37.7 Å². The number of hydrogen-bond acceptors (Lipinski definition) is 6. The Morgan fingerprint density at radius 2 is 1.81 bits per heavy atom. The van der Waals surface area contributed by atoms with E-state index < -0.39 is 6.23 Å². The molecule has 224 valence electrons. The monoisotopic (exact) mass is 572 g/mol. The molecule has 1 fully saturated rings. The van der Waals surface area contributed by atoms with Gasteiger partial charge in [-0.3, -0.25) is 14.5 Å². The lowest BCUT2D eigenvalue weighted by atomic mass is 9.71. The minimum atomic E-state index is -0.646. The van der Waals surface area contributed by atoms with Crippen molar-refractivity contribution in [3.05, 3.63) is 85.8 Å². The zero-order valence-corrected chi connectivity index (χ0v) is 25.8. The maximum absolute atomic E-state index is 13.8. The van der Waals surface area contributed by atoms with E-state index in [9.17, 15) is 14.7 Å². The molecule has 3 N–H and O–H groups in total. The number of morpholine rings is 1. The average molecular weight is 573 g/mol. The second kappa shape index (κ2) is 12.0. The van der Waals surface area contributed by atoms with Crippen LogP contribution in [0.1, 0.15) is 71.1 Å². The van der Waals surface area contributed by atoms with Gasteiger partial charge >= 0.3 is 0 Å². The van der Waals surface area contributed by atoms with Gasteiger partial charge in [-0.05, 0) is 78.6 Å². The van der Waals surface area contributed by atoms with Crippen molar-refractivity contribution in [1.82, 2.24) is 15.2 Å². The predicted octanol–water partition coefficient (Wildman–Crippen LogP) is 4.56. The fourth-order valence-electron chi connectivity index (χ4n) is 6.63. The summed E-state index contributed by atoms with van der Waals surface area (Å²) in [6.07, 6.45) is -0.0526. The number of carbonyl (C=O) groups excluding carboxylic acids is 1. The number of fused-ring (bicyclic) bond motifs is 1. The van der Waals surface area contributed by atoms with Gasteiger partial charge in [-0.25, -0.2) is 0 Å². The number of nitrogens with zero attached hydrogens (tertiary/aromatic N) is 2. The first-order valence-corrected chi connectivity index (χ1v) is 15.0. The van der Waals surface area contributed by atoms with E-state index in [2.05, 4.69) is 53.3 Å². The van der Waals surface area contributed by atoms with Crippen LogP contribution < -0.4 is 15.8 Å². The molecule has 0 aliphatic carbocycles. The van der Waals surface area contributed by atoms with Gasteiger partial charge in [0, 0.05) is 61.7 Å². The maximum atomic E-state index is 13.8. The van der Waals surface area contributed by atoms with Crippen molar-refractivity contribution in [2.24, 2.45) is 0 Å². The molecule has 2 aliphatic rings. The van der Waals surface area contributed by atoms with Gasteiger partial charge < -0.3 is 25.0 Å². The Morgan fingerprint density at radius 3 is 2.45 bits per heavy atom. The summed E-state index contributed by atoms with van der Waals surface area (Å²) in [5.74, 6) is -0.242. The van der Waals surface area contributed by atoms with Crippen LogP contribution in [0.15, 0.2) is 41.2 Å². The van der Waals surface area contributed by atoms with E-state index in [1.165, 1.54) is 5.56 Å². The molecule has 0 radical (unpaired) electrons. The lowest BCUT2D eigenvalue weighted by Crippen LogP contribution is -2.46. The Hall–Kier alpha value is -3.46. The Balaban J connectivity index is 1.56. The van der Waals surface area contributed by atoms with Crippen LogP contribution in [0, 0.1) is 20.8 Å². The van der Waals surface area contributed by atoms with Gasteiger partial charge in [-0.15, -0.1) is 0 Å². The number of nitrogens with one attached hydrogen (secondary N) is 2. The standard InChI is InChI=1S/C34H44N4O4/c1-7-38-29(39)18-34(5,6)30-27(25-10-8-24(9-11-25)20-37-12-14-42-15-13-37)17-26(23(4)31(30)38)32(40)35-19-28-21(2)16-22(3)36-33(28)41/h8-11,16-17,29,39H,7,12-15,18-20H2,1-6H3,(H,35,40)(H,36,41). The highest BCUT2D eigenvalue weighted by Gasteiger charge is 2.40. The summed E-state index contributed by atoms with van der Waals surface area (Å²) >= 11 is 0. The molecular weight excluding hydrogens is 528 g/mol. The number of aliphatic hydroxyl groups is 1. The van der Waals surface area contributed by atoms with E-state index in [0.29, 0.717) is 24.1 Å². The predicted molar refractivity (Wildman–Crippen MR) is 167 cm³/mol. The van der Waals surface area contributed by atoms with Crippen LogP contribution in [-0.2, 0) is 23.2 Å². The van der Waals surface area contributed by atoms with Crippen LogP contribution in [0.25, 0.3) is 11.1 Å². The van der Waals surface area contributed by atoms with Gasteiger partial charge in [-0.2, -0.15) is 0 Å². The van der Waals surface area contributed by atoms with Crippen molar-refractivity contribution < 1.29 is 14.6 Å². The molecule has 5 rings (SSSR count). The minimum Gasteiger partial charge on any atom is -0.379 e. The Bertz CT molecular complexity index is 1520. The van der Waals surface area contributed by atoms with Crippen molar-refractivity contribution in [3.63, 3.8) is 0 Å². The SMILES string of the molecule is CCN1c2c(C)c(C(=O)NCc3c(C)cc(C)[nH]c3=O)cc(-c3ccc(CN4CCOCC4)cc3)c2C(C)(C)CC1O. The highest BCUT2D eigenvalue weighted by Crippen LogP contribution is 2.49. The number of rotatable bonds is 7. The molecule has 42 heavy (non-hydrogen) atoms. The van der Waals surface area contributed by atoms with Crippen LogP contribution >= 0.6 is 0 Å². The first-order chi connectivity index (χ1) is 20.0. The van der Waals surface area contributed by atoms with Gasteiger partial charge in [-0.1, -0.05) is 38.1 Å². The molecule has 1 saturated heterocycles. The van der Waals surface area contributed by atoms with Gasteiger partial charge in [0.1, 0.15) is 6.23 Å². The molecule has 8 heteroatoms. The Morgan fingerprint density at radius 1 is 1.12 bits per heavy atom. The van der Waals surface area contributed by atoms with Gasteiger partial charge in [0.25, 0.3) is 11.5 Å². The summed E-state index contributed by atoms with van der Waals surface area (Å²) in [6.45, 7) is 17.1. The summed E-state index contributed by atoms with van der Waals surface area (Å²) in [6, 6.07) is 12.6. The van der Waals surface area contributed by atoms with E-state index in [0.717, 1.165) is 72.0 Å².